The molecule has 1 aromatic carbocycles. The third kappa shape index (κ3) is 5.75. The summed E-state index contributed by atoms with van der Waals surface area (Å²) in [6.07, 6.45) is 8.53. The molecule has 2 amide bonds. The first kappa shape index (κ1) is 27.8. The van der Waals surface area contributed by atoms with Crippen LogP contribution in [0.15, 0.2) is 24.9 Å². The van der Waals surface area contributed by atoms with Crippen molar-refractivity contribution in [2.75, 3.05) is 35.9 Å². The second-order valence-electron chi connectivity index (χ2n) is 10.2. The van der Waals surface area contributed by atoms with E-state index in [-0.39, 0.29) is 34.7 Å². The molecule has 0 radical (unpaired) electrons. The summed E-state index contributed by atoms with van der Waals surface area (Å²) in [5.74, 6) is 2.14. The van der Waals surface area contributed by atoms with Crippen LogP contribution in [0.2, 0.25) is 10.0 Å². The van der Waals surface area contributed by atoms with E-state index in [1.165, 1.54) is 25.2 Å². The number of nitrogens with zero attached hydrogens (tertiary/aromatic N) is 4. The minimum Gasteiger partial charge on any atom is -0.495 e. The molecule has 3 unspecified atom stereocenters. The Bertz CT molecular complexity index is 1210. The first-order valence-corrected chi connectivity index (χ1v) is 14.0. The van der Waals surface area contributed by atoms with Crippen molar-refractivity contribution in [3.63, 3.8) is 0 Å². The Morgan fingerprint density at radius 3 is 2.44 bits per heavy atom. The standard InChI is InChI=1S/C27H34Cl2N6O4/c1-4-21(36)31-17-7-5-6-8-18(17)32-26-30-12-16-14-34(27(37)35(25(16)33-26)13-15-9-10-15)24-22(28)19(38-2)11-20(39-3)23(24)29/h4,11-12,15,17-18,21,31,36H,1,5-10,13-14H2,2-3H3,(H,30,32,33). The van der Waals surface area contributed by atoms with Crippen molar-refractivity contribution in [3.8, 4) is 11.5 Å². The van der Waals surface area contributed by atoms with Gasteiger partial charge in [-0.05, 0) is 37.7 Å². The zero-order valence-corrected chi connectivity index (χ0v) is 23.6. The van der Waals surface area contributed by atoms with Crippen LogP contribution in [0, 0.1) is 5.92 Å². The average Bonchev–Trinajstić information content (AvgIpc) is 3.76. The number of carbonyl (C=O) groups is 1. The van der Waals surface area contributed by atoms with Gasteiger partial charge in [0.2, 0.25) is 5.95 Å². The minimum atomic E-state index is -0.784. The summed E-state index contributed by atoms with van der Waals surface area (Å²) >= 11 is 13.4. The highest BCUT2D eigenvalue weighted by molar-refractivity contribution is 6.42. The quantitative estimate of drug-likeness (QED) is 0.268. The molecule has 2 aromatic rings. The van der Waals surface area contributed by atoms with E-state index in [0.29, 0.717) is 41.4 Å². The van der Waals surface area contributed by atoms with Gasteiger partial charge in [-0.1, -0.05) is 42.6 Å². The zero-order valence-electron chi connectivity index (χ0n) is 22.1. The highest BCUT2D eigenvalue weighted by atomic mass is 35.5. The van der Waals surface area contributed by atoms with Crippen molar-refractivity contribution >= 4 is 46.7 Å². The lowest BCUT2D eigenvalue weighted by Gasteiger charge is -2.38. The number of anilines is 3. The number of nitrogens with one attached hydrogen (secondary N) is 2. The van der Waals surface area contributed by atoms with Gasteiger partial charge >= 0.3 is 6.03 Å². The summed E-state index contributed by atoms with van der Waals surface area (Å²) in [4.78, 5) is 26.6. The number of amides is 2. The SMILES string of the molecule is C=CC(O)NC1CCCCC1Nc1ncc2c(n1)N(CC1CC1)C(=O)N(c1c(Cl)c(OC)cc(OC)c1Cl)C2. The van der Waals surface area contributed by atoms with Gasteiger partial charge in [0.1, 0.15) is 33.6 Å². The monoisotopic (exact) mass is 576 g/mol. The van der Waals surface area contributed by atoms with Gasteiger partial charge < -0.3 is 19.9 Å². The highest BCUT2D eigenvalue weighted by Crippen LogP contribution is 2.48. The number of ether oxygens (including phenoxy) is 2. The molecule has 39 heavy (non-hydrogen) atoms. The van der Waals surface area contributed by atoms with E-state index in [2.05, 4.69) is 22.2 Å². The molecular formula is C27H34Cl2N6O4. The number of halogens is 2. The second kappa shape index (κ2) is 11.8. The van der Waals surface area contributed by atoms with Crippen molar-refractivity contribution in [1.29, 1.82) is 0 Å². The van der Waals surface area contributed by atoms with Crippen LogP contribution < -0.4 is 29.9 Å². The number of hydrogen-bond acceptors (Lipinski definition) is 8. The summed E-state index contributed by atoms with van der Waals surface area (Å²) in [5, 5.41) is 17.2. The summed E-state index contributed by atoms with van der Waals surface area (Å²) in [6, 6.07) is 1.39. The molecule has 3 N–H and O–H groups in total. The molecule has 0 bridgehead atoms. The smallest absolute Gasteiger partial charge is 0.330 e. The molecule has 3 aliphatic rings. The summed E-state index contributed by atoms with van der Waals surface area (Å²) < 4.78 is 10.9. The number of aromatic nitrogens is 2. The van der Waals surface area contributed by atoms with Crippen molar-refractivity contribution in [3.05, 3.63) is 40.5 Å². The van der Waals surface area contributed by atoms with Gasteiger partial charge in [-0.3, -0.25) is 15.1 Å². The Labute approximate surface area is 238 Å². The first-order chi connectivity index (χ1) is 18.8. The third-order valence-electron chi connectivity index (χ3n) is 7.53. The van der Waals surface area contributed by atoms with Crippen LogP contribution in [0.5, 0.6) is 11.5 Å². The maximum absolute atomic E-state index is 14.0. The van der Waals surface area contributed by atoms with Crippen LogP contribution in [0.3, 0.4) is 0 Å². The Morgan fingerprint density at radius 2 is 1.82 bits per heavy atom. The van der Waals surface area contributed by atoms with Crippen LogP contribution in [0.25, 0.3) is 0 Å². The number of benzene rings is 1. The fraction of sp³-hybridized carbons (Fsp3) is 0.519. The number of urea groups is 1. The van der Waals surface area contributed by atoms with E-state index in [9.17, 15) is 9.90 Å². The molecule has 210 valence electrons. The lowest BCUT2D eigenvalue weighted by Crippen LogP contribution is -2.50. The van der Waals surface area contributed by atoms with Gasteiger partial charge in [-0.15, -0.1) is 0 Å². The van der Waals surface area contributed by atoms with E-state index >= 15 is 0 Å². The van der Waals surface area contributed by atoms with Gasteiger partial charge in [0.05, 0.1) is 26.5 Å². The van der Waals surface area contributed by atoms with Crippen LogP contribution in [-0.2, 0) is 6.54 Å². The van der Waals surface area contributed by atoms with E-state index in [0.717, 1.165) is 44.1 Å². The predicted octanol–water partition coefficient (Wildman–Crippen LogP) is 4.97. The fourth-order valence-electron chi connectivity index (χ4n) is 5.25. The van der Waals surface area contributed by atoms with E-state index in [1.807, 2.05) is 0 Å². The van der Waals surface area contributed by atoms with Gasteiger partial charge in [0.15, 0.2) is 0 Å². The number of hydrogen-bond donors (Lipinski definition) is 3. The first-order valence-electron chi connectivity index (χ1n) is 13.2. The molecule has 2 saturated carbocycles. The Balaban J connectivity index is 1.47. The fourth-order valence-corrected chi connectivity index (χ4v) is 5.96. The van der Waals surface area contributed by atoms with Crippen molar-refractivity contribution in [1.82, 2.24) is 15.3 Å². The Morgan fingerprint density at radius 1 is 1.15 bits per heavy atom. The second-order valence-corrected chi connectivity index (χ2v) is 11.0. The molecule has 2 aliphatic carbocycles. The Kier molecular flexibility index (Phi) is 8.37. The van der Waals surface area contributed by atoms with E-state index in [4.69, 9.17) is 37.7 Å². The Hall–Kier alpha value is -2.79. The molecule has 5 rings (SSSR count). The molecule has 1 aromatic heterocycles. The molecular weight excluding hydrogens is 543 g/mol. The van der Waals surface area contributed by atoms with Crippen molar-refractivity contribution in [2.45, 2.75) is 63.4 Å². The normalized spacial score (nSPS) is 21.8. The molecule has 2 fully saturated rings. The maximum atomic E-state index is 14.0. The highest BCUT2D eigenvalue weighted by Gasteiger charge is 2.39. The van der Waals surface area contributed by atoms with Gasteiger partial charge in [-0.25, -0.2) is 9.78 Å². The van der Waals surface area contributed by atoms with Crippen LogP contribution in [-0.4, -0.2) is 60.2 Å². The molecule has 12 heteroatoms. The van der Waals surface area contributed by atoms with Crippen LogP contribution in [0.1, 0.15) is 44.1 Å². The predicted molar refractivity (Wildman–Crippen MR) is 152 cm³/mol. The van der Waals surface area contributed by atoms with Gasteiger partial charge in [0, 0.05) is 36.5 Å². The summed E-state index contributed by atoms with van der Waals surface area (Å²) in [6.45, 7) is 4.38. The summed E-state index contributed by atoms with van der Waals surface area (Å²) in [7, 11) is 3.00. The van der Waals surface area contributed by atoms with Gasteiger partial charge in [-0.2, -0.15) is 4.98 Å². The number of methoxy groups -OCH3 is 2. The molecule has 2 heterocycles. The molecule has 10 nitrogen and oxygen atoms in total. The topological polar surface area (TPSA) is 112 Å². The maximum Gasteiger partial charge on any atom is 0.330 e. The third-order valence-corrected chi connectivity index (χ3v) is 8.26. The lowest BCUT2D eigenvalue weighted by molar-refractivity contribution is 0.151. The minimum absolute atomic E-state index is 0.0286. The van der Waals surface area contributed by atoms with E-state index < -0.39 is 6.23 Å². The average molecular weight is 578 g/mol. The van der Waals surface area contributed by atoms with Crippen molar-refractivity contribution < 1.29 is 19.4 Å². The molecule has 0 saturated heterocycles. The number of carbonyl (C=O) groups excluding carboxylic acids is 1. The van der Waals surface area contributed by atoms with Crippen LogP contribution in [0.4, 0.5) is 22.2 Å². The van der Waals surface area contributed by atoms with Crippen molar-refractivity contribution in [2.24, 2.45) is 5.92 Å². The van der Waals surface area contributed by atoms with Gasteiger partial charge in [0.25, 0.3) is 0 Å². The number of rotatable bonds is 10. The number of fused-ring (bicyclic) bond motifs is 1. The number of aliphatic hydroxyl groups excluding tert-OH is 1. The lowest BCUT2D eigenvalue weighted by atomic mass is 9.90. The zero-order chi connectivity index (χ0) is 27.7. The number of aliphatic hydroxyl groups is 1. The summed E-state index contributed by atoms with van der Waals surface area (Å²) in [5.41, 5.74) is 1.10. The van der Waals surface area contributed by atoms with E-state index in [1.54, 1.807) is 17.2 Å². The largest absolute Gasteiger partial charge is 0.495 e. The molecule has 1 aliphatic heterocycles. The molecule has 0 spiro atoms. The molecule has 3 atom stereocenters. The van der Waals surface area contributed by atoms with Crippen LogP contribution >= 0.6 is 23.2 Å².